The summed E-state index contributed by atoms with van der Waals surface area (Å²) in [5, 5.41) is 21.3. The van der Waals surface area contributed by atoms with Crippen LogP contribution in [0.4, 0.5) is 19.0 Å². The molecule has 1 saturated heterocycles. The molecule has 0 unspecified atom stereocenters. The van der Waals surface area contributed by atoms with Crippen molar-refractivity contribution in [1.29, 1.82) is 0 Å². The van der Waals surface area contributed by atoms with E-state index in [2.05, 4.69) is 27.4 Å². The summed E-state index contributed by atoms with van der Waals surface area (Å²) in [6.07, 6.45) is 1.18. The lowest BCUT2D eigenvalue weighted by molar-refractivity contribution is -0.389. The highest BCUT2D eigenvalue weighted by molar-refractivity contribution is 5.73. The number of aliphatic carboxylic acids is 1. The van der Waals surface area contributed by atoms with Crippen molar-refractivity contribution in [3.8, 4) is 11.8 Å². The third kappa shape index (κ3) is 8.23. The predicted octanol–water partition coefficient (Wildman–Crippen LogP) is 2.57. The summed E-state index contributed by atoms with van der Waals surface area (Å²) in [4.78, 5) is 25.5. The number of carboxylic acid groups (broad SMARTS) is 1. The van der Waals surface area contributed by atoms with Gasteiger partial charge in [-0.2, -0.15) is 13.2 Å². The summed E-state index contributed by atoms with van der Waals surface area (Å²) in [7, 11) is 0. The number of hydrogen-bond donors (Lipinski definition) is 2. The number of ether oxygens (including phenoxy) is 2. The first-order valence-electron chi connectivity index (χ1n) is 11.1. The first-order valence-corrected chi connectivity index (χ1v) is 11.1. The van der Waals surface area contributed by atoms with Crippen LogP contribution in [0.5, 0.6) is 11.8 Å². The number of nitrogens with zero attached hydrogens (tertiary/aromatic N) is 4. The number of piperazine rings is 1. The summed E-state index contributed by atoms with van der Waals surface area (Å²) in [5.74, 6) is -2.18. The number of halogens is 3. The Hall–Kier alpha value is -3.65. The van der Waals surface area contributed by atoms with Gasteiger partial charge >= 0.3 is 24.0 Å². The smallest absolute Gasteiger partial charge is 0.490 e. The molecule has 14 heteroatoms. The Bertz CT molecular complexity index is 1050. The number of aryl methyl sites for hydroxylation is 1. The van der Waals surface area contributed by atoms with Crippen LogP contribution in [0.1, 0.15) is 12.0 Å². The van der Waals surface area contributed by atoms with Gasteiger partial charge in [0.05, 0.1) is 0 Å². The molecule has 0 saturated carbocycles. The molecule has 1 atom stereocenters. The van der Waals surface area contributed by atoms with Gasteiger partial charge in [-0.3, -0.25) is 9.47 Å². The third-order valence-corrected chi connectivity index (χ3v) is 5.32. The molecule has 4 rings (SSSR count). The number of carbonyl (C=O) groups is 1. The van der Waals surface area contributed by atoms with Crippen LogP contribution in [0.2, 0.25) is 0 Å². The lowest BCUT2D eigenvalue weighted by Crippen LogP contribution is -2.43. The second kappa shape index (κ2) is 12.4. The lowest BCUT2D eigenvalue weighted by atomic mass is 10.2. The average Bonchev–Trinajstić information content (AvgIpc) is 3.28. The molecule has 2 aliphatic heterocycles. The van der Waals surface area contributed by atoms with Gasteiger partial charge in [-0.15, -0.1) is 0 Å². The maximum absolute atomic E-state index is 10.8. The van der Waals surface area contributed by atoms with Crippen LogP contribution >= 0.6 is 0 Å². The van der Waals surface area contributed by atoms with Gasteiger partial charge in [0.25, 0.3) is 0 Å². The van der Waals surface area contributed by atoms with Crippen molar-refractivity contribution >= 4 is 17.9 Å². The highest BCUT2D eigenvalue weighted by Gasteiger charge is 2.38. The highest BCUT2D eigenvalue weighted by Crippen LogP contribution is 2.24. The Labute approximate surface area is 204 Å². The molecule has 2 N–H and O–H groups in total. The van der Waals surface area contributed by atoms with E-state index in [4.69, 9.17) is 19.4 Å². The van der Waals surface area contributed by atoms with Crippen molar-refractivity contribution in [3.05, 3.63) is 52.2 Å². The minimum absolute atomic E-state index is 0.178. The van der Waals surface area contributed by atoms with E-state index in [0.29, 0.717) is 19.6 Å². The van der Waals surface area contributed by atoms with Crippen LogP contribution in [-0.2, 0) is 11.3 Å². The number of imidazole rings is 1. The molecule has 0 radical (unpaired) electrons. The van der Waals surface area contributed by atoms with Crippen LogP contribution in [0, 0.1) is 10.1 Å². The summed E-state index contributed by atoms with van der Waals surface area (Å²) >= 11 is 0. The summed E-state index contributed by atoms with van der Waals surface area (Å²) < 4.78 is 45.0. The number of nitro groups is 1. The van der Waals surface area contributed by atoms with Gasteiger partial charge in [-0.1, -0.05) is 24.3 Å². The molecular formula is C22H26F3N5O6. The Morgan fingerprint density at radius 2 is 1.94 bits per heavy atom. The van der Waals surface area contributed by atoms with Crippen LogP contribution < -0.4 is 14.8 Å². The maximum Gasteiger partial charge on any atom is 0.490 e. The van der Waals surface area contributed by atoms with E-state index in [1.807, 2.05) is 24.3 Å². The molecule has 0 spiro atoms. The SMILES string of the molecule is O=C(O)C(F)(F)F.O=[N+]([O-])c1cn2c(n1)O[C@@H](COc1ccc(/C=C/CN3CCNCC3)cc1)CC2. The zero-order valence-corrected chi connectivity index (χ0v) is 19.2. The number of benzene rings is 1. The molecule has 1 aromatic carbocycles. The highest BCUT2D eigenvalue weighted by atomic mass is 19.4. The molecule has 0 aliphatic carbocycles. The minimum Gasteiger partial charge on any atom is -0.490 e. The van der Waals surface area contributed by atoms with Gasteiger partial charge in [-0.05, 0) is 22.6 Å². The molecule has 2 aromatic rings. The molecule has 36 heavy (non-hydrogen) atoms. The first kappa shape index (κ1) is 26.9. The van der Waals surface area contributed by atoms with Gasteiger partial charge in [-0.25, -0.2) is 4.79 Å². The van der Waals surface area contributed by atoms with Crippen LogP contribution in [-0.4, -0.2) is 82.1 Å². The molecule has 0 amide bonds. The average molecular weight is 513 g/mol. The molecule has 3 heterocycles. The van der Waals surface area contributed by atoms with E-state index >= 15 is 0 Å². The summed E-state index contributed by atoms with van der Waals surface area (Å²) in [6, 6.07) is 8.22. The molecule has 2 aliphatic rings. The number of rotatable bonds is 7. The Balaban J connectivity index is 0.000000454. The van der Waals surface area contributed by atoms with Gasteiger partial charge in [0.1, 0.15) is 24.7 Å². The van der Waals surface area contributed by atoms with Crippen molar-refractivity contribution in [2.24, 2.45) is 0 Å². The molecule has 1 fully saturated rings. The zero-order valence-electron chi connectivity index (χ0n) is 19.2. The number of aromatic nitrogens is 2. The molecule has 1 aromatic heterocycles. The fourth-order valence-corrected chi connectivity index (χ4v) is 3.43. The van der Waals surface area contributed by atoms with E-state index in [1.54, 1.807) is 4.57 Å². The summed E-state index contributed by atoms with van der Waals surface area (Å²) in [6.45, 7) is 6.27. The van der Waals surface area contributed by atoms with Crippen molar-refractivity contribution in [3.63, 3.8) is 0 Å². The Morgan fingerprint density at radius 1 is 1.28 bits per heavy atom. The van der Waals surface area contributed by atoms with E-state index in [-0.39, 0.29) is 17.9 Å². The van der Waals surface area contributed by atoms with Gasteiger partial charge in [0.2, 0.25) is 0 Å². The molecule has 0 bridgehead atoms. The first-order chi connectivity index (χ1) is 17.1. The lowest BCUT2D eigenvalue weighted by Gasteiger charge is -2.25. The van der Waals surface area contributed by atoms with Crippen molar-refractivity contribution in [1.82, 2.24) is 19.8 Å². The third-order valence-electron chi connectivity index (χ3n) is 5.32. The monoisotopic (exact) mass is 513 g/mol. The van der Waals surface area contributed by atoms with Crippen molar-refractivity contribution in [2.45, 2.75) is 25.2 Å². The van der Waals surface area contributed by atoms with Crippen LogP contribution in [0.25, 0.3) is 6.08 Å². The number of carboxylic acids is 1. The zero-order chi connectivity index (χ0) is 26.1. The van der Waals surface area contributed by atoms with E-state index in [0.717, 1.165) is 44.0 Å². The van der Waals surface area contributed by atoms with E-state index in [9.17, 15) is 23.3 Å². The van der Waals surface area contributed by atoms with Crippen LogP contribution in [0.15, 0.2) is 36.5 Å². The van der Waals surface area contributed by atoms with Gasteiger partial charge in [0, 0.05) is 50.7 Å². The van der Waals surface area contributed by atoms with Crippen molar-refractivity contribution < 1.29 is 37.5 Å². The molecule has 11 nitrogen and oxygen atoms in total. The second-order valence-corrected chi connectivity index (χ2v) is 8.00. The van der Waals surface area contributed by atoms with Crippen LogP contribution in [0.3, 0.4) is 0 Å². The van der Waals surface area contributed by atoms with Gasteiger partial charge in [0.15, 0.2) is 0 Å². The normalized spacial score (nSPS) is 18.0. The van der Waals surface area contributed by atoms with Crippen molar-refractivity contribution in [2.75, 3.05) is 39.3 Å². The second-order valence-electron chi connectivity index (χ2n) is 8.00. The largest absolute Gasteiger partial charge is 0.490 e. The van der Waals surface area contributed by atoms with Gasteiger partial charge < -0.3 is 30.0 Å². The number of fused-ring (bicyclic) bond motifs is 1. The maximum atomic E-state index is 10.8. The predicted molar refractivity (Wildman–Crippen MR) is 122 cm³/mol. The van der Waals surface area contributed by atoms with E-state index in [1.165, 1.54) is 6.20 Å². The number of nitrogens with one attached hydrogen (secondary N) is 1. The number of hydrogen-bond acceptors (Lipinski definition) is 8. The molecular weight excluding hydrogens is 487 g/mol. The Kier molecular flexibility index (Phi) is 9.25. The number of alkyl halides is 3. The standard InChI is InChI=1S/C20H25N5O4.C2HF3O2/c26-25(27)19-14-24-11-7-18(29-20(24)22-19)15-28-17-5-3-16(4-6-17)2-1-10-23-12-8-21-9-13-23;3-2(4,5)1(6)7/h1-6,14,18,21H,7-13,15H2;(H,6,7)/b2-1+;/t18-;/m1./s1. The molecule has 196 valence electrons. The fourth-order valence-electron chi connectivity index (χ4n) is 3.43. The quantitative estimate of drug-likeness (QED) is 0.423. The minimum atomic E-state index is -5.08. The van der Waals surface area contributed by atoms with E-state index < -0.39 is 17.1 Å². The topological polar surface area (TPSA) is 132 Å². The Morgan fingerprint density at radius 3 is 2.56 bits per heavy atom. The fraction of sp³-hybridized carbons (Fsp3) is 0.455. The summed E-state index contributed by atoms with van der Waals surface area (Å²) in [5.41, 5.74) is 1.13.